The van der Waals surface area contributed by atoms with Gasteiger partial charge in [0.1, 0.15) is 5.75 Å². The van der Waals surface area contributed by atoms with Crippen LogP contribution >= 0.6 is 0 Å². The number of ether oxygens (including phenoxy) is 1. The molecule has 17 heavy (non-hydrogen) atoms. The fourth-order valence-corrected chi connectivity index (χ4v) is 1.93. The molecule has 0 spiro atoms. The molecule has 1 heterocycles. The van der Waals surface area contributed by atoms with Crippen molar-refractivity contribution in [2.45, 2.75) is 0 Å². The second-order valence-corrected chi connectivity index (χ2v) is 3.82. The van der Waals surface area contributed by atoms with Crippen LogP contribution < -0.4 is 4.74 Å². The highest BCUT2D eigenvalue weighted by atomic mass is 16.5. The summed E-state index contributed by atoms with van der Waals surface area (Å²) in [6, 6.07) is 16.0. The van der Waals surface area contributed by atoms with Crippen LogP contribution in [0.1, 0.15) is 0 Å². The van der Waals surface area contributed by atoms with Gasteiger partial charge in [0.2, 0.25) is 0 Å². The monoisotopic (exact) mass is 221 g/mol. The predicted octanol–water partition coefficient (Wildman–Crippen LogP) is 3.91. The van der Waals surface area contributed by atoms with Crippen molar-refractivity contribution >= 4 is 21.8 Å². The van der Waals surface area contributed by atoms with Gasteiger partial charge in [0, 0.05) is 10.8 Å². The van der Waals surface area contributed by atoms with Crippen LogP contribution in [0, 0.1) is 0 Å². The number of hydrogen-bond acceptors (Lipinski definition) is 2. The number of nitrogens with zero attached hydrogens (tertiary/aromatic N) is 1. The molecule has 2 aromatic carbocycles. The Morgan fingerprint density at radius 3 is 2.65 bits per heavy atom. The number of rotatable bonds is 2. The van der Waals surface area contributed by atoms with E-state index >= 15 is 0 Å². The minimum Gasteiger partial charge on any atom is -0.466 e. The Hall–Kier alpha value is -2.35. The quantitative estimate of drug-likeness (QED) is 0.483. The van der Waals surface area contributed by atoms with E-state index in [0.717, 1.165) is 27.6 Å². The largest absolute Gasteiger partial charge is 0.466 e. The fourth-order valence-electron chi connectivity index (χ4n) is 1.93. The van der Waals surface area contributed by atoms with E-state index in [-0.39, 0.29) is 0 Å². The average molecular weight is 221 g/mol. The lowest BCUT2D eigenvalue weighted by Crippen LogP contribution is -1.84. The molecule has 0 aliphatic heterocycles. The van der Waals surface area contributed by atoms with Crippen molar-refractivity contribution in [2.24, 2.45) is 0 Å². The van der Waals surface area contributed by atoms with Gasteiger partial charge in [0.25, 0.3) is 0 Å². The lowest BCUT2D eigenvalue weighted by molar-refractivity contribution is 0.484. The van der Waals surface area contributed by atoms with Crippen molar-refractivity contribution < 1.29 is 4.74 Å². The number of pyridine rings is 1. The summed E-state index contributed by atoms with van der Waals surface area (Å²) in [6.45, 7) is 3.55. The van der Waals surface area contributed by atoms with E-state index in [1.165, 1.54) is 6.26 Å². The standard InChI is InChI=1S/C15H11NO/c1-2-17-13-7-8-15-12(10-13)9-11-5-3-4-6-14(11)16-15/h2-10H,1H2. The van der Waals surface area contributed by atoms with E-state index in [2.05, 4.69) is 23.7 Å². The van der Waals surface area contributed by atoms with Crippen molar-refractivity contribution in [2.75, 3.05) is 0 Å². The lowest BCUT2D eigenvalue weighted by atomic mass is 10.1. The van der Waals surface area contributed by atoms with Gasteiger partial charge in [0.15, 0.2) is 0 Å². The van der Waals surface area contributed by atoms with Crippen LogP contribution in [-0.4, -0.2) is 4.98 Å². The third kappa shape index (κ3) is 1.74. The summed E-state index contributed by atoms with van der Waals surface area (Å²) < 4.78 is 5.26. The van der Waals surface area contributed by atoms with E-state index < -0.39 is 0 Å². The van der Waals surface area contributed by atoms with E-state index in [9.17, 15) is 0 Å². The van der Waals surface area contributed by atoms with Crippen molar-refractivity contribution in [3.8, 4) is 5.75 Å². The molecule has 0 bridgehead atoms. The van der Waals surface area contributed by atoms with E-state index in [1.807, 2.05) is 36.4 Å². The van der Waals surface area contributed by atoms with Crippen LogP contribution in [0.5, 0.6) is 5.75 Å². The van der Waals surface area contributed by atoms with Gasteiger partial charge < -0.3 is 4.74 Å². The second kappa shape index (κ2) is 3.91. The third-order valence-corrected chi connectivity index (χ3v) is 2.71. The fraction of sp³-hybridized carbons (Fsp3) is 0. The zero-order chi connectivity index (χ0) is 11.7. The molecule has 82 valence electrons. The Balaban J connectivity index is 2.28. The molecule has 0 fully saturated rings. The molecule has 0 aliphatic rings. The first-order chi connectivity index (χ1) is 8.36. The molecule has 0 radical (unpaired) electrons. The smallest absolute Gasteiger partial charge is 0.127 e. The Bertz CT molecular complexity index is 703. The molecule has 2 nitrogen and oxygen atoms in total. The molecule has 0 N–H and O–H groups in total. The van der Waals surface area contributed by atoms with Crippen molar-refractivity contribution in [1.29, 1.82) is 0 Å². The molecule has 3 rings (SSSR count). The SMILES string of the molecule is C=COc1ccc2nc3ccccc3cc2c1. The van der Waals surface area contributed by atoms with Gasteiger partial charge in [-0.3, -0.25) is 0 Å². The van der Waals surface area contributed by atoms with Crippen LogP contribution in [-0.2, 0) is 0 Å². The summed E-state index contributed by atoms with van der Waals surface area (Å²) >= 11 is 0. The van der Waals surface area contributed by atoms with Gasteiger partial charge in [-0.15, -0.1) is 0 Å². The van der Waals surface area contributed by atoms with Crippen LogP contribution in [0.2, 0.25) is 0 Å². The summed E-state index contributed by atoms with van der Waals surface area (Å²) in [4.78, 5) is 4.60. The minimum atomic E-state index is 0.782. The van der Waals surface area contributed by atoms with Gasteiger partial charge in [-0.1, -0.05) is 24.8 Å². The summed E-state index contributed by atoms with van der Waals surface area (Å²) in [6.07, 6.45) is 1.43. The molecule has 0 saturated heterocycles. The van der Waals surface area contributed by atoms with Crippen LogP contribution in [0.4, 0.5) is 0 Å². The Morgan fingerprint density at radius 1 is 0.941 bits per heavy atom. The number of para-hydroxylation sites is 1. The number of aromatic nitrogens is 1. The van der Waals surface area contributed by atoms with Gasteiger partial charge >= 0.3 is 0 Å². The Kier molecular flexibility index (Phi) is 2.26. The number of hydrogen-bond donors (Lipinski definition) is 0. The van der Waals surface area contributed by atoms with Crippen molar-refractivity contribution in [3.05, 3.63) is 61.4 Å². The summed E-state index contributed by atoms with van der Waals surface area (Å²) in [5, 5.41) is 2.21. The summed E-state index contributed by atoms with van der Waals surface area (Å²) in [7, 11) is 0. The predicted molar refractivity (Wildman–Crippen MR) is 70.1 cm³/mol. The second-order valence-electron chi connectivity index (χ2n) is 3.82. The van der Waals surface area contributed by atoms with Crippen LogP contribution in [0.25, 0.3) is 21.8 Å². The molecule has 0 saturated carbocycles. The Labute approximate surface area is 99.2 Å². The summed E-state index contributed by atoms with van der Waals surface area (Å²) in [5.74, 6) is 0.782. The lowest BCUT2D eigenvalue weighted by Gasteiger charge is -2.04. The zero-order valence-corrected chi connectivity index (χ0v) is 9.26. The van der Waals surface area contributed by atoms with Gasteiger partial charge in [-0.2, -0.15) is 0 Å². The highest BCUT2D eigenvalue weighted by Gasteiger charge is 2.00. The first kappa shape index (κ1) is 9.85. The molecule has 0 unspecified atom stereocenters. The molecular weight excluding hydrogens is 210 g/mol. The first-order valence-electron chi connectivity index (χ1n) is 5.44. The van der Waals surface area contributed by atoms with Gasteiger partial charge in [-0.05, 0) is 30.3 Å². The molecule has 3 aromatic rings. The third-order valence-electron chi connectivity index (χ3n) is 2.71. The topological polar surface area (TPSA) is 22.1 Å². The molecule has 0 amide bonds. The highest BCUT2D eigenvalue weighted by molar-refractivity contribution is 5.93. The number of fused-ring (bicyclic) bond motifs is 2. The van der Waals surface area contributed by atoms with Gasteiger partial charge in [0.05, 0.1) is 17.3 Å². The zero-order valence-electron chi connectivity index (χ0n) is 9.26. The molecule has 2 heteroatoms. The van der Waals surface area contributed by atoms with Crippen molar-refractivity contribution in [1.82, 2.24) is 4.98 Å². The normalized spacial score (nSPS) is 10.6. The van der Waals surface area contributed by atoms with Crippen LogP contribution in [0.3, 0.4) is 0 Å². The number of benzene rings is 2. The van der Waals surface area contributed by atoms with E-state index in [4.69, 9.17) is 4.74 Å². The average Bonchev–Trinajstić information content (AvgIpc) is 2.36. The highest BCUT2D eigenvalue weighted by Crippen LogP contribution is 2.23. The van der Waals surface area contributed by atoms with Crippen molar-refractivity contribution in [3.63, 3.8) is 0 Å². The Morgan fingerprint density at radius 2 is 1.76 bits per heavy atom. The van der Waals surface area contributed by atoms with Gasteiger partial charge in [-0.25, -0.2) is 4.98 Å². The molecule has 1 aromatic heterocycles. The molecule has 0 aliphatic carbocycles. The molecule has 0 atom stereocenters. The summed E-state index contributed by atoms with van der Waals surface area (Å²) in [5.41, 5.74) is 1.98. The van der Waals surface area contributed by atoms with E-state index in [0.29, 0.717) is 0 Å². The minimum absolute atomic E-state index is 0.782. The van der Waals surface area contributed by atoms with Crippen LogP contribution in [0.15, 0.2) is 61.4 Å². The maximum absolute atomic E-state index is 5.26. The van der Waals surface area contributed by atoms with E-state index in [1.54, 1.807) is 0 Å². The maximum atomic E-state index is 5.26. The first-order valence-corrected chi connectivity index (χ1v) is 5.44. The maximum Gasteiger partial charge on any atom is 0.127 e. The molecular formula is C15H11NO.